The van der Waals surface area contributed by atoms with E-state index >= 15 is 0 Å². The number of hydrogen-bond donors (Lipinski definition) is 2. The van der Waals surface area contributed by atoms with E-state index < -0.39 is 12.1 Å². The molecule has 0 spiro atoms. The molecule has 2 rings (SSSR count). The van der Waals surface area contributed by atoms with Gasteiger partial charge in [-0.15, -0.1) is 0 Å². The number of nitrogens with zero attached hydrogens (tertiary/aromatic N) is 1. The lowest BCUT2D eigenvalue weighted by molar-refractivity contribution is -0.123. The van der Waals surface area contributed by atoms with Crippen molar-refractivity contribution in [3.8, 4) is 0 Å². The van der Waals surface area contributed by atoms with Gasteiger partial charge in [-0.3, -0.25) is 4.79 Å². The van der Waals surface area contributed by atoms with Crippen LogP contribution in [0.4, 0.5) is 4.79 Å². The second-order valence-electron chi connectivity index (χ2n) is 6.53. The number of carbonyl (C=O) groups is 2. The minimum atomic E-state index is -0.628. The number of rotatable bonds is 5. The molecule has 0 radical (unpaired) electrons. The highest BCUT2D eigenvalue weighted by Gasteiger charge is 2.36. The van der Waals surface area contributed by atoms with E-state index in [-0.39, 0.29) is 11.3 Å². The van der Waals surface area contributed by atoms with Crippen molar-refractivity contribution in [3.05, 3.63) is 35.9 Å². The van der Waals surface area contributed by atoms with Gasteiger partial charge in [0.2, 0.25) is 5.91 Å². The smallest absolute Gasteiger partial charge is 0.407 e. The van der Waals surface area contributed by atoms with Crippen molar-refractivity contribution in [2.24, 2.45) is 0 Å². The molecule has 2 amide bonds. The van der Waals surface area contributed by atoms with Crippen molar-refractivity contribution in [2.45, 2.75) is 31.2 Å². The van der Waals surface area contributed by atoms with Gasteiger partial charge in [0.05, 0.1) is 7.11 Å². The zero-order valence-corrected chi connectivity index (χ0v) is 14.7. The topological polar surface area (TPSA) is 70.7 Å². The van der Waals surface area contributed by atoms with Crippen LogP contribution in [-0.4, -0.2) is 56.7 Å². The Labute approximate surface area is 143 Å². The molecule has 24 heavy (non-hydrogen) atoms. The summed E-state index contributed by atoms with van der Waals surface area (Å²) in [4.78, 5) is 25.8. The van der Waals surface area contributed by atoms with Crippen molar-refractivity contribution in [1.82, 2.24) is 15.5 Å². The van der Waals surface area contributed by atoms with Crippen molar-refractivity contribution >= 4 is 12.0 Å². The van der Waals surface area contributed by atoms with Crippen LogP contribution in [-0.2, 0) is 14.9 Å². The minimum Gasteiger partial charge on any atom is -0.453 e. The zero-order valence-electron chi connectivity index (χ0n) is 14.7. The van der Waals surface area contributed by atoms with Crippen LogP contribution in [0.3, 0.4) is 0 Å². The summed E-state index contributed by atoms with van der Waals surface area (Å²) in [5.74, 6) is -0.199. The maximum Gasteiger partial charge on any atom is 0.407 e. The quantitative estimate of drug-likeness (QED) is 0.857. The summed E-state index contributed by atoms with van der Waals surface area (Å²) >= 11 is 0. The number of nitrogens with one attached hydrogen (secondary N) is 2. The van der Waals surface area contributed by atoms with Gasteiger partial charge in [0.1, 0.15) is 6.04 Å². The molecule has 2 N–H and O–H groups in total. The van der Waals surface area contributed by atoms with Crippen LogP contribution in [0.15, 0.2) is 30.3 Å². The highest BCUT2D eigenvalue weighted by molar-refractivity contribution is 5.85. The summed E-state index contributed by atoms with van der Waals surface area (Å²) in [7, 11) is 3.40. The number of piperidine rings is 1. The van der Waals surface area contributed by atoms with E-state index in [9.17, 15) is 9.59 Å². The van der Waals surface area contributed by atoms with E-state index in [4.69, 9.17) is 0 Å². The van der Waals surface area contributed by atoms with Crippen LogP contribution in [0, 0.1) is 0 Å². The van der Waals surface area contributed by atoms with Crippen molar-refractivity contribution in [1.29, 1.82) is 0 Å². The number of hydrogen-bond acceptors (Lipinski definition) is 4. The molecule has 0 unspecified atom stereocenters. The lowest BCUT2D eigenvalue weighted by Crippen LogP contribution is -2.51. The third-order valence-corrected chi connectivity index (χ3v) is 4.84. The molecule has 0 aliphatic carbocycles. The number of carbonyl (C=O) groups excluding carboxylic acids is 2. The number of ether oxygens (including phenoxy) is 1. The summed E-state index contributed by atoms with van der Waals surface area (Å²) < 4.78 is 4.53. The molecule has 6 heteroatoms. The molecule has 132 valence electrons. The van der Waals surface area contributed by atoms with E-state index in [1.807, 2.05) is 18.2 Å². The first kappa shape index (κ1) is 18.3. The van der Waals surface area contributed by atoms with Gasteiger partial charge >= 0.3 is 6.09 Å². The first-order chi connectivity index (χ1) is 11.5. The SMILES string of the molecule is COC(=O)N[C@@H](C)C(=O)NCC1(c2ccccc2)CCN(C)CC1. The summed E-state index contributed by atoms with van der Waals surface area (Å²) in [5.41, 5.74) is 1.20. The Morgan fingerprint density at radius 1 is 1.25 bits per heavy atom. The Morgan fingerprint density at radius 2 is 1.88 bits per heavy atom. The second-order valence-corrected chi connectivity index (χ2v) is 6.53. The Kier molecular flexibility index (Phi) is 6.20. The molecule has 0 aromatic heterocycles. The molecule has 6 nitrogen and oxygen atoms in total. The highest BCUT2D eigenvalue weighted by atomic mass is 16.5. The van der Waals surface area contributed by atoms with Gasteiger partial charge in [0.25, 0.3) is 0 Å². The zero-order chi connectivity index (χ0) is 17.6. The molecule has 0 bridgehead atoms. The van der Waals surface area contributed by atoms with E-state index in [0.29, 0.717) is 6.54 Å². The van der Waals surface area contributed by atoms with Gasteiger partial charge in [-0.05, 0) is 45.5 Å². The van der Waals surface area contributed by atoms with Crippen LogP contribution in [0.5, 0.6) is 0 Å². The van der Waals surface area contributed by atoms with E-state index in [1.54, 1.807) is 6.92 Å². The van der Waals surface area contributed by atoms with Gasteiger partial charge in [0.15, 0.2) is 0 Å². The summed E-state index contributed by atoms with van der Waals surface area (Å²) in [6.07, 6.45) is 1.38. The monoisotopic (exact) mass is 333 g/mol. The molecule has 1 heterocycles. The predicted molar refractivity (Wildman–Crippen MR) is 92.9 cm³/mol. The Balaban J connectivity index is 2.04. The second kappa shape index (κ2) is 8.15. The van der Waals surface area contributed by atoms with Crippen molar-refractivity contribution in [3.63, 3.8) is 0 Å². The van der Waals surface area contributed by atoms with E-state index in [0.717, 1.165) is 25.9 Å². The van der Waals surface area contributed by atoms with Gasteiger partial charge < -0.3 is 20.3 Å². The van der Waals surface area contributed by atoms with Crippen LogP contribution < -0.4 is 10.6 Å². The first-order valence-corrected chi connectivity index (χ1v) is 8.33. The predicted octanol–water partition coefficient (Wildman–Crippen LogP) is 1.51. The molecule has 1 aromatic carbocycles. The fourth-order valence-corrected chi connectivity index (χ4v) is 3.12. The Bertz CT molecular complexity index is 554. The molecule has 1 aromatic rings. The van der Waals surface area contributed by atoms with Crippen LogP contribution in [0.2, 0.25) is 0 Å². The summed E-state index contributed by atoms with van der Waals surface area (Å²) in [6, 6.07) is 9.72. The molecule has 1 aliphatic rings. The fraction of sp³-hybridized carbons (Fsp3) is 0.556. The van der Waals surface area contributed by atoms with Gasteiger partial charge in [-0.25, -0.2) is 4.79 Å². The Hall–Kier alpha value is -2.08. The average molecular weight is 333 g/mol. The van der Waals surface area contributed by atoms with Gasteiger partial charge in [-0.2, -0.15) is 0 Å². The van der Waals surface area contributed by atoms with Crippen LogP contribution >= 0.6 is 0 Å². The van der Waals surface area contributed by atoms with E-state index in [1.165, 1.54) is 12.7 Å². The summed E-state index contributed by atoms with van der Waals surface area (Å²) in [5, 5.41) is 5.50. The molecule has 1 aliphatic heterocycles. The van der Waals surface area contributed by atoms with Gasteiger partial charge in [-0.1, -0.05) is 30.3 Å². The van der Waals surface area contributed by atoms with Crippen molar-refractivity contribution in [2.75, 3.05) is 33.8 Å². The number of amides is 2. The molecular formula is C18H27N3O3. The molecule has 1 saturated heterocycles. The number of alkyl carbamates (subject to hydrolysis) is 1. The van der Waals surface area contributed by atoms with Gasteiger partial charge in [0, 0.05) is 12.0 Å². The molecule has 1 atom stereocenters. The third kappa shape index (κ3) is 4.47. The largest absolute Gasteiger partial charge is 0.453 e. The third-order valence-electron chi connectivity index (χ3n) is 4.84. The lowest BCUT2D eigenvalue weighted by Gasteiger charge is -2.41. The Morgan fingerprint density at radius 3 is 2.46 bits per heavy atom. The van der Waals surface area contributed by atoms with Crippen LogP contribution in [0.25, 0.3) is 0 Å². The molecule has 1 fully saturated rings. The minimum absolute atomic E-state index is 0.0611. The van der Waals surface area contributed by atoms with E-state index in [2.05, 4.69) is 39.5 Å². The standard InChI is InChI=1S/C18H27N3O3/c1-14(20-17(23)24-3)16(22)19-13-18(9-11-21(2)12-10-18)15-7-5-4-6-8-15/h4-8,14H,9-13H2,1-3H3,(H,19,22)(H,20,23)/t14-/m0/s1. The summed E-state index contributed by atoms with van der Waals surface area (Å²) in [6.45, 7) is 4.22. The highest BCUT2D eigenvalue weighted by Crippen LogP contribution is 2.34. The maximum absolute atomic E-state index is 12.3. The number of benzene rings is 1. The average Bonchev–Trinajstić information content (AvgIpc) is 2.61. The maximum atomic E-state index is 12.3. The first-order valence-electron chi connectivity index (χ1n) is 8.33. The molecule has 0 saturated carbocycles. The van der Waals surface area contributed by atoms with Crippen LogP contribution in [0.1, 0.15) is 25.3 Å². The fourth-order valence-electron chi connectivity index (χ4n) is 3.12. The van der Waals surface area contributed by atoms with Crippen molar-refractivity contribution < 1.29 is 14.3 Å². The lowest BCUT2D eigenvalue weighted by atomic mass is 9.72. The number of likely N-dealkylation sites (tertiary alicyclic amines) is 1. The molecular weight excluding hydrogens is 306 g/mol. The number of methoxy groups -OCH3 is 1. The normalized spacial score (nSPS) is 18.5.